The van der Waals surface area contributed by atoms with Crippen LogP contribution in [0.4, 0.5) is 17.6 Å². The molecule has 0 spiro atoms. The lowest BCUT2D eigenvalue weighted by Crippen LogP contribution is -2.22. The lowest BCUT2D eigenvalue weighted by molar-refractivity contribution is 0.413. The summed E-state index contributed by atoms with van der Waals surface area (Å²) in [6.07, 6.45) is 7.97. The highest BCUT2D eigenvalue weighted by atomic mass is 16.5. The van der Waals surface area contributed by atoms with Crippen LogP contribution in [0.25, 0.3) is 11.3 Å². The van der Waals surface area contributed by atoms with E-state index in [1.54, 1.807) is 13.4 Å². The Morgan fingerprint density at radius 1 is 1.10 bits per heavy atom. The van der Waals surface area contributed by atoms with E-state index in [2.05, 4.69) is 25.3 Å². The van der Waals surface area contributed by atoms with Crippen molar-refractivity contribution in [2.24, 2.45) is 0 Å². The van der Waals surface area contributed by atoms with E-state index in [0.717, 1.165) is 53.1 Å². The van der Waals surface area contributed by atoms with Gasteiger partial charge in [-0.1, -0.05) is 0 Å². The Kier molecular flexibility index (Phi) is 4.50. The lowest BCUT2D eigenvalue weighted by atomic mass is 10.2. The van der Waals surface area contributed by atoms with Crippen molar-refractivity contribution in [3.63, 3.8) is 0 Å². The highest BCUT2D eigenvalue weighted by Crippen LogP contribution is 2.29. The van der Waals surface area contributed by atoms with Gasteiger partial charge in [-0.05, 0) is 38.8 Å². The summed E-state index contributed by atoms with van der Waals surface area (Å²) in [6.45, 7) is 5.96. The van der Waals surface area contributed by atoms with Crippen molar-refractivity contribution in [1.82, 2.24) is 29.1 Å². The van der Waals surface area contributed by atoms with Gasteiger partial charge in [0.15, 0.2) is 5.65 Å². The molecular weight excluding hydrogens is 380 g/mol. The number of hydrogen-bond acceptors (Lipinski definition) is 7. The van der Waals surface area contributed by atoms with Crippen LogP contribution in [0.2, 0.25) is 0 Å². The van der Waals surface area contributed by atoms with Gasteiger partial charge in [0.1, 0.15) is 5.75 Å². The van der Waals surface area contributed by atoms with Crippen LogP contribution < -0.4 is 15.0 Å². The largest absolute Gasteiger partial charge is 0.494 e. The fourth-order valence-electron chi connectivity index (χ4n) is 3.81. The number of aromatic nitrogens is 6. The Morgan fingerprint density at radius 2 is 1.93 bits per heavy atom. The van der Waals surface area contributed by atoms with Gasteiger partial charge < -0.3 is 19.5 Å². The molecule has 0 unspecified atom stereocenters. The molecule has 5 rings (SSSR count). The van der Waals surface area contributed by atoms with Crippen LogP contribution in [0, 0.1) is 13.8 Å². The second-order valence-corrected chi connectivity index (χ2v) is 7.54. The first-order valence-electron chi connectivity index (χ1n) is 10.1. The van der Waals surface area contributed by atoms with Gasteiger partial charge in [-0.3, -0.25) is 0 Å². The molecule has 4 heterocycles. The number of fused-ring (bicyclic) bond motifs is 1. The molecule has 0 bridgehead atoms. The highest BCUT2D eigenvalue weighted by molar-refractivity contribution is 5.64. The lowest BCUT2D eigenvalue weighted by Gasteiger charge is -2.16. The molecule has 9 heteroatoms. The number of anilines is 3. The predicted octanol–water partition coefficient (Wildman–Crippen LogP) is 3.28. The summed E-state index contributed by atoms with van der Waals surface area (Å²) in [5.74, 6) is 2.11. The van der Waals surface area contributed by atoms with Crippen molar-refractivity contribution < 1.29 is 4.74 Å². The molecule has 9 nitrogen and oxygen atoms in total. The monoisotopic (exact) mass is 404 g/mol. The smallest absolute Gasteiger partial charge is 0.247 e. The number of benzene rings is 1. The Balaban J connectivity index is 1.48. The maximum Gasteiger partial charge on any atom is 0.247 e. The molecule has 1 N–H and O–H groups in total. The molecule has 3 aromatic heterocycles. The zero-order valence-electron chi connectivity index (χ0n) is 17.3. The third kappa shape index (κ3) is 3.22. The summed E-state index contributed by atoms with van der Waals surface area (Å²) in [4.78, 5) is 15.9. The number of imidazole rings is 1. The van der Waals surface area contributed by atoms with Crippen molar-refractivity contribution in [2.75, 3.05) is 30.4 Å². The van der Waals surface area contributed by atoms with E-state index in [0.29, 0.717) is 5.95 Å². The Labute approximate surface area is 174 Å². The van der Waals surface area contributed by atoms with Crippen LogP contribution in [0.5, 0.6) is 5.75 Å². The first-order valence-corrected chi connectivity index (χ1v) is 10.1. The second kappa shape index (κ2) is 7.33. The predicted molar refractivity (Wildman–Crippen MR) is 115 cm³/mol. The Morgan fingerprint density at radius 3 is 2.67 bits per heavy atom. The first-order chi connectivity index (χ1) is 14.6. The molecule has 0 amide bonds. The Bertz CT molecular complexity index is 1210. The number of hydrogen-bond donors (Lipinski definition) is 1. The topological polar surface area (TPSA) is 85.4 Å². The Hall–Kier alpha value is -3.62. The van der Waals surface area contributed by atoms with Crippen molar-refractivity contribution in [3.8, 4) is 11.4 Å². The fourth-order valence-corrected chi connectivity index (χ4v) is 3.81. The third-order valence-electron chi connectivity index (χ3n) is 5.34. The van der Waals surface area contributed by atoms with Crippen molar-refractivity contribution in [1.29, 1.82) is 0 Å². The summed E-state index contributed by atoms with van der Waals surface area (Å²) in [5.41, 5.74) is 4.51. The van der Waals surface area contributed by atoms with Gasteiger partial charge in [0.2, 0.25) is 11.9 Å². The summed E-state index contributed by atoms with van der Waals surface area (Å²) in [6, 6.07) is 5.90. The molecule has 30 heavy (non-hydrogen) atoms. The maximum atomic E-state index is 5.60. The van der Waals surface area contributed by atoms with E-state index >= 15 is 0 Å². The zero-order valence-corrected chi connectivity index (χ0v) is 17.3. The molecule has 1 aliphatic rings. The molecule has 4 aromatic rings. The molecule has 1 saturated heterocycles. The number of nitrogens with one attached hydrogen (secondary N) is 1. The van der Waals surface area contributed by atoms with Gasteiger partial charge in [-0.25, -0.2) is 9.97 Å². The fraction of sp³-hybridized carbons (Fsp3) is 0.333. The number of methoxy groups -OCH3 is 1. The van der Waals surface area contributed by atoms with E-state index in [-0.39, 0.29) is 0 Å². The summed E-state index contributed by atoms with van der Waals surface area (Å²) >= 11 is 0. The van der Waals surface area contributed by atoms with Crippen LogP contribution in [0.3, 0.4) is 0 Å². The van der Waals surface area contributed by atoms with Gasteiger partial charge in [0, 0.05) is 42.8 Å². The van der Waals surface area contributed by atoms with Crippen molar-refractivity contribution in [2.45, 2.75) is 26.7 Å². The van der Waals surface area contributed by atoms with Gasteiger partial charge in [-0.15, -0.1) is 5.10 Å². The van der Waals surface area contributed by atoms with Crippen molar-refractivity contribution in [3.05, 3.63) is 48.2 Å². The standard InChI is InChI=1S/C21H24N8O/c1-14-11-22-21(27-8-4-5-9-27)29-19(14)25-20(26-29)24-16-6-7-17(18(10-16)30-3)28-12-15(2)23-13-28/h6-7,10-13H,4-5,8-9H2,1-3H3,(H,24,26). The average molecular weight is 404 g/mol. The molecule has 1 aliphatic heterocycles. The number of nitrogens with zero attached hydrogens (tertiary/aromatic N) is 7. The minimum absolute atomic E-state index is 0.528. The quantitative estimate of drug-likeness (QED) is 0.546. The van der Waals surface area contributed by atoms with Gasteiger partial charge in [-0.2, -0.15) is 9.50 Å². The highest BCUT2D eigenvalue weighted by Gasteiger charge is 2.19. The number of aryl methyl sites for hydroxylation is 2. The molecule has 0 atom stereocenters. The van der Waals surface area contributed by atoms with Gasteiger partial charge >= 0.3 is 0 Å². The normalized spacial score (nSPS) is 13.9. The van der Waals surface area contributed by atoms with Crippen molar-refractivity contribution >= 4 is 23.2 Å². The van der Waals surface area contributed by atoms with E-state index in [9.17, 15) is 0 Å². The molecular formula is C21H24N8O. The van der Waals surface area contributed by atoms with E-state index in [4.69, 9.17) is 9.72 Å². The maximum absolute atomic E-state index is 5.60. The van der Waals surface area contributed by atoms with Crippen LogP contribution in [0.1, 0.15) is 24.1 Å². The SMILES string of the molecule is COc1cc(Nc2nc3c(C)cnc(N4CCCC4)n3n2)ccc1-n1cnc(C)c1. The molecule has 0 aliphatic carbocycles. The summed E-state index contributed by atoms with van der Waals surface area (Å²) < 4.78 is 9.38. The second-order valence-electron chi connectivity index (χ2n) is 7.54. The van der Waals surface area contributed by atoms with Crippen LogP contribution >= 0.6 is 0 Å². The van der Waals surface area contributed by atoms with E-state index < -0.39 is 0 Å². The molecule has 1 fully saturated rings. The van der Waals surface area contributed by atoms with Crippen LogP contribution in [-0.2, 0) is 0 Å². The van der Waals surface area contributed by atoms with Crippen LogP contribution in [0.15, 0.2) is 36.9 Å². The minimum atomic E-state index is 0.528. The third-order valence-corrected chi connectivity index (χ3v) is 5.34. The number of ether oxygens (including phenoxy) is 1. The molecule has 154 valence electrons. The summed E-state index contributed by atoms with van der Waals surface area (Å²) in [7, 11) is 1.66. The minimum Gasteiger partial charge on any atom is -0.494 e. The first kappa shape index (κ1) is 18.4. The molecule has 1 aromatic carbocycles. The van der Waals surface area contributed by atoms with Crippen LogP contribution in [-0.4, -0.2) is 49.3 Å². The molecule has 0 saturated carbocycles. The zero-order chi connectivity index (χ0) is 20.7. The van der Waals surface area contributed by atoms with Gasteiger partial charge in [0.05, 0.1) is 24.8 Å². The number of rotatable bonds is 5. The molecule has 0 radical (unpaired) electrons. The van der Waals surface area contributed by atoms with E-state index in [1.807, 2.05) is 53.5 Å². The summed E-state index contributed by atoms with van der Waals surface area (Å²) in [5, 5.41) is 7.99. The van der Waals surface area contributed by atoms with E-state index in [1.165, 1.54) is 12.8 Å². The average Bonchev–Trinajstić information content (AvgIpc) is 3.49. The van der Waals surface area contributed by atoms with Gasteiger partial charge in [0.25, 0.3) is 0 Å².